The van der Waals surface area contributed by atoms with E-state index in [4.69, 9.17) is 14.9 Å². The molecule has 0 saturated heterocycles. The van der Waals surface area contributed by atoms with Crippen molar-refractivity contribution in [2.75, 3.05) is 6.61 Å². The van der Waals surface area contributed by atoms with Crippen molar-refractivity contribution >= 4 is 0 Å². The number of nitrogens with two attached hydrogens (primary N) is 1. The lowest BCUT2D eigenvalue weighted by molar-refractivity contribution is 0.284. The summed E-state index contributed by atoms with van der Waals surface area (Å²) in [6.07, 6.45) is 2.15. The predicted molar refractivity (Wildman–Crippen MR) is 79.2 cm³/mol. The van der Waals surface area contributed by atoms with Crippen LogP contribution < -0.4 is 10.5 Å². The first-order chi connectivity index (χ1) is 9.59. The minimum absolute atomic E-state index is 0.194. The van der Waals surface area contributed by atoms with Crippen LogP contribution in [-0.4, -0.2) is 6.61 Å². The molecular formula is C17H21NO2. The van der Waals surface area contributed by atoms with Crippen molar-refractivity contribution < 1.29 is 9.15 Å². The fourth-order valence-electron chi connectivity index (χ4n) is 3.08. The first kappa shape index (κ1) is 13.3. The monoisotopic (exact) mass is 271 g/mol. The number of para-hydroxylation sites is 1. The van der Waals surface area contributed by atoms with Crippen molar-refractivity contribution in [1.82, 2.24) is 0 Å². The van der Waals surface area contributed by atoms with Crippen LogP contribution in [0.4, 0.5) is 0 Å². The largest absolute Gasteiger partial charge is 0.493 e. The van der Waals surface area contributed by atoms with Crippen molar-refractivity contribution in [3.63, 3.8) is 0 Å². The van der Waals surface area contributed by atoms with Gasteiger partial charge in [-0.25, -0.2) is 0 Å². The summed E-state index contributed by atoms with van der Waals surface area (Å²) in [6, 6.07) is 6.07. The predicted octanol–water partition coefficient (Wildman–Crippen LogP) is 3.58. The standard InChI is InChI=1S/C17H21NO2/c1-10-11(2)20-12(3)15(10)16(18)14-8-4-6-13-7-5-9-19-17(13)14/h4,6,8,16H,5,7,9,18H2,1-3H3. The van der Waals surface area contributed by atoms with Crippen LogP contribution in [0, 0.1) is 20.8 Å². The van der Waals surface area contributed by atoms with Crippen LogP contribution in [0.3, 0.4) is 0 Å². The van der Waals surface area contributed by atoms with Gasteiger partial charge in [0.1, 0.15) is 17.3 Å². The molecule has 3 nitrogen and oxygen atoms in total. The lowest BCUT2D eigenvalue weighted by Crippen LogP contribution is -2.18. The molecule has 1 aromatic carbocycles. The van der Waals surface area contributed by atoms with E-state index in [0.717, 1.165) is 53.4 Å². The van der Waals surface area contributed by atoms with Gasteiger partial charge in [-0.3, -0.25) is 0 Å². The molecule has 2 heterocycles. The molecule has 0 radical (unpaired) electrons. The Hall–Kier alpha value is -1.74. The van der Waals surface area contributed by atoms with Gasteiger partial charge in [-0.2, -0.15) is 0 Å². The number of rotatable bonds is 2. The van der Waals surface area contributed by atoms with E-state index in [9.17, 15) is 0 Å². The molecule has 1 atom stereocenters. The Balaban J connectivity index is 2.09. The number of ether oxygens (including phenoxy) is 1. The van der Waals surface area contributed by atoms with Gasteiger partial charge in [0.15, 0.2) is 0 Å². The van der Waals surface area contributed by atoms with Crippen LogP contribution in [0.1, 0.15) is 46.2 Å². The van der Waals surface area contributed by atoms with E-state index in [1.165, 1.54) is 5.56 Å². The van der Waals surface area contributed by atoms with Crippen molar-refractivity contribution in [2.45, 2.75) is 39.7 Å². The number of furan rings is 1. The molecule has 2 aromatic rings. The second kappa shape index (κ2) is 4.98. The molecule has 0 fully saturated rings. The molecule has 20 heavy (non-hydrogen) atoms. The van der Waals surface area contributed by atoms with E-state index in [1.54, 1.807) is 0 Å². The highest BCUT2D eigenvalue weighted by atomic mass is 16.5. The zero-order chi connectivity index (χ0) is 14.3. The summed E-state index contributed by atoms with van der Waals surface area (Å²) < 4.78 is 11.6. The Morgan fingerprint density at radius 2 is 1.95 bits per heavy atom. The summed E-state index contributed by atoms with van der Waals surface area (Å²) in [4.78, 5) is 0. The molecule has 1 unspecified atom stereocenters. The highest BCUT2D eigenvalue weighted by Gasteiger charge is 2.24. The summed E-state index contributed by atoms with van der Waals surface area (Å²) in [7, 11) is 0. The Labute approximate surface area is 119 Å². The van der Waals surface area contributed by atoms with Crippen molar-refractivity contribution in [3.8, 4) is 5.75 Å². The Kier molecular flexibility index (Phi) is 3.30. The third-order valence-electron chi connectivity index (χ3n) is 4.23. The SMILES string of the molecule is Cc1oc(C)c(C(N)c2cccc3c2OCCC3)c1C. The fourth-order valence-corrected chi connectivity index (χ4v) is 3.08. The van der Waals surface area contributed by atoms with Crippen molar-refractivity contribution in [3.05, 3.63) is 52.0 Å². The highest BCUT2D eigenvalue weighted by molar-refractivity contribution is 5.49. The molecule has 0 amide bonds. The molecule has 0 aliphatic carbocycles. The highest BCUT2D eigenvalue weighted by Crippen LogP contribution is 2.37. The summed E-state index contributed by atoms with van der Waals surface area (Å²) in [6.45, 7) is 6.80. The molecule has 2 N–H and O–H groups in total. The minimum atomic E-state index is -0.194. The molecule has 106 valence electrons. The molecule has 3 heteroatoms. The van der Waals surface area contributed by atoms with Gasteiger partial charge in [0.25, 0.3) is 0 Å². The maximum atomic E-state index is 6.52. The molecular weight excluding hydrogens is 250 g/mol. The molecule has 1 aromatic heterocycles. The first-order valence-corrected chi connectivity index (χ1v) is 7.16. The number of fused-ring (bicyclic) bond motifs is 1. The Morgan fingerprint density at radius 1 is 1.15 bits per heavy atom. The van der Waals surface area contributed by atoms with Crippen LogP contribution in [0.5, 0.6) is 5.75 Å². The average molecular weight is 271 g/mol. The van der Waals surface area contributed by atoms with Gasteiger partial charge in [-0.15, -0.1) is 0 Å². The van der Waals surface area contributed by atoms with E-state index in [1.807, 2.05) is 13.8 Å². The van der Waals surface area contributed by atoms with E-state index in [2.05, 4.69) is 25.1 Å². The second-order valence-electron chi connectivity index (χ2n) is 5.52. The summed E-state index contributed by atoms with van der Waals surface area (Å²) >= 11 is 0. The molecule has 0 bridgehead atoms. The lowest BCUT2D eigenvalue weighted by atomic mass is 9.92. The maximum absolute atomic E-state index is 6.52. The lowest BCUT2D eigenvalue weighted by Gasteiger charge is -2.23. The first-order valence-electron chi connectivity index (χ1n) is 7.16. The third-order valence-corrected chi connectivity index (χ3v) is 4.23. The third kappa shape index (κ3) is 2.02. The van der Waals surface area contributed by atoms with Crippen LogP contribution in [-0.2, 0) is 6.42 Å². The van der Waals surface area contributed by atoms with Crippen molar-refractivity contribution in [2.24, 2.45) is 5.73 Å². The minimum Gasteiger partial charge on any atom is -0.493 e. The van der Waals surface area contributed by atoms with Crippen LogP contribution in [0.15, 0.2) is 22.6 Å². The number of aryl methyl sites for hydroxylation is 3. The number of benzene rings is 1. The second-order valence-corrected chi connectivity index (χ2v) is 5.52. The molecule has 1 aliphatic heterocycles. The van der Waals surface area contributed by atoms with Gasteiger partial charge in [-0.1, -0.05) is 18.2 Å². The quantitative estimate of drug-likeness (QED) is 0.908. The van der Waals surface area contributed by atoms with Gasteiger partial charge in [-0.05, 0) is 44.7 Å². The van der Waals surface area contributed by atoms with E-state index >= 15 is 0 Å². The summed E-state index contributed by atoms with van der Waals surface area (Å²) in [5.74, 6) is 2.82. The summed E-state index contributed by atoms with van der Waals surface area (Å²) in [5.41, 5.74) is 11.1. The molecule has 0 saturated carbocycles. The smallest absolute Gasteiger partial charge is 0.127 e. The van der Waals surface area contributed by atoms with Gasteiger partial charge in [0.05, 0.1) is 12.6 Å². The zero-order valence-corrected chi connectivity index (χ0v) is 12.3. The van der Waals surface area contributed by atoms with E-state index in [-0.39, 0.29) is 6.04 Å². The fraction of sp³-hybridized carbons (Fsp3) is 0.412. The van der Waals surface area contributed by atoms with Gasteiger partial charge in [0, 0.05) is 11.1 Å². The van der Waals surface area contributed by atoms with Crippen LogP contribution >= 0.6 is 0 Å². The zero-order valence-electron chi connectivity index (χ0n) is 12.3. The topological polar surface area (TPSA) is 48.4 Å². The Bertz CT molecular complexity index is 643. The maximum Gasteiger partial charge on any atom is 0.127 e. The van der Waals surface area contributed by atoms with Gasteiger partial charge >= 0.3 is 0 Å². The van der Waals surface area contributed by atoms with E-state index in [0.29, 0.717) is 0 Å². The molecule has 1 aliphatic rings. The van der Waals surface area contributed by atoms with Crippen molar-refractivity contribution in [1.29, 1.82) is 0 Å². The van der Waals surface area contributed by atoms with Gasteiger partial charge in [0.2, 0.25) is 0 Å². The van der Waals surface area contributed by atoms with Gasteiger partial charge < -0.3 is 14.9 Å². The average Bonchev–Trinajstić information content (AvgIpc) is 2.71. The summed E-state index contributed by atoms with van der Waals surface area (Å²) in [5, 5.41) is 0. The van der Waals surface area contributed by atoms with Crippen LogP contribution in [0.25, 0.3) is 0 Å². The molecule has 0 spiro atoms. The van der Waals surface area contributed by atoms with Crippen LogP contribution in [0.2, 0.25) is 0 Å². The number of hydrogen-bond acceptors (Lipinski definition) is 3. The molecule has 3 rings (SSSR count). The van der Waals surface area contributed by atoms with E-state index < -0.39 is 0 Å². The normalized spacial score (nSPS) is 15.6. The number of hydrogen-bond donors (Lipinski definition) is 1. The Morgan fingerprint density at radius 3 is 2.65 bits per heavy atom.